The Morgan fingerprint density at radius 2 is 1.63 bits per heavy atom. The van der Waals surface area contributed by atoms with Crippen LogP contribution >= 0.6 is 24.8 Å². The molecule has 1 aliphatic carbocycles. The molecule has 1 nitrogen and oxygen atoms in total. The summed E-state index contributed by atoms with van der Waals surface area (Å²) in [6.07, 6.45) is 5.72. The van der Waals surface area contributed by atoms with Crippen molar-refractivity contribution in [3.63, 3.8) is 0 Å². The molecule has 0 bridgehead atoms. The summed E-state index contributed by atoms with van der Waals surface area (Å²) >= 11 is -1.92. The fourth-order valence-corrected chi connectivity index (χ4v) is 8.06. The van der Waals surface area contributed by atoms with Gasteiger partial charge in [-0.05, 0) is 0 Å². The van der Waals surface area contributed by atoms with Crippen LogP contribution in [0.15, 0.2) is 39.8 Å². The molecule has 0 saturated carbocycles. The van der Waals surface area contributed by atoms with Crippen molar-refractivity contribution in [2.75, 3.05) is 0 Å². The average Bonchev–Trinajstić information content (AvgIpc) is 2.92. The third kappa shape index (κ3) is 7.01. The van der Waals surface area contributed by atoms with Gasteiger partial charge in [-0.15, -0.1) is 24.8 Å². The largest absolute Gasteiger partial charge is 0.147 e. The van der Waals surface area contributed by atoms with E-state index < -0.39 is 25.9 Å². The molecule has 0 atom stereocenters. The van der Waals surface area contributed by atoms with Gasteiger partial charge in [0.1, 0.15) is 0 Å². The zero-order valence-electron chi connectivity index (χ0n) is 18.3. The van der Waals surface area contributed by atoms with E-state index in [1.54, 1.807) is 3.88 Å². The molecule has 0 spiro atoms. The summed E-state index contributed by atoms with van der Waals surface area (Å²) in [5.41, 5.74) is 3.01. The minimum Gasteiger partial charge on any atom is -0.147 e. The molecule has 0 unspecified atom stereocenters. The van der Waals surface area contributed by atoms with Crippen molar-refractivity contribution in [1.82, 2.24) is 0 Å². The van der Waals surface area contributed by atoms with Gasteiger partial charge in [0.05, 0.1) is 0 Å². The fraction of sp³-hybridized carbons (Fsp3) is 0.500. The molecular formula is C22H36Cl2OSiTi. The summed E-state index contributed by atoms with van der Waals surface area (Å²) in [4.78, 5) is 0. The van der Waals surface area contributed by atoms with Gasteiger partial charge >= 0.3 is 162 Å². The zero-order valence-corrected chi connectivity index (χ0v) is 22.5. The molecule has 27 heavy (non-hydrogen) atoms. The van der Waals surface area contributed by atoms with Crippen LogP contribution in [0, 0.1) is 12.3 Å². The smallest absolute Gasteiger partial charge is 0.147 e. The molecule has 1 aliphatic rings. The molecule has 2 rings (SSSR count). The molecule has 5 heteroatoms. The summed E-state index contributed by atoms with van der Waals surface area (Å²) in [6, 6.07) is 6.88. The van der Waals surface area contributed by atoms with Crippen molar-refractivity contribution in [2.45, 2.75) is 67.6 Å². The van der Waals surface area contributed by atoms with Crippen LogP contribution < -0.4 is 8.51 Å². The summed E-state index contributed by atoms with van der Waals surface area (Å²) in [6.45, 7) is 20.9. The predicted octanol–water partition coefficient (Wildman–Crippen LogP) is 6.77. The Kier molecular flexibility index (Phi) is 10.0. The second-order valence-electron chi connectivity index (χ2n) is 9.46. The van der Waals surface area contributed by atoms with Gasteiger partial charge < -0.3 is 0 Å². The molecule has 0 fully saturated rings. The van der Waals surface area contributed by atoms with Crippen LogP contribution in [0.25, 0.3) is 0 Å². The number of allylic oxidation sites excluding steroid dienone is 4. The zero-order chi connectivity index (χ0) is 19.0. The normalized spacial score (nSPS) is 13.8. The third-order valence-electron chi connectivity index (χ3n) is 4.60. The molecule has 1 aromatic carbocycles. The fourth-order valence-electron chi connectivity index (χ4n) is 3.25. The first-order chi connectivity index (χ1) is 11.4. The Bertz CT molecular complexity index is 761. The molecule has 0 radical (unpaired) electrons. The van der Waals surface area contributed by atoms with Crippen molar-refractivity contribution in [3.05, 3.63) is 45.4 Å². The molecule has 1 aromatic rings. The van der Waals surface area contributed by atoms with Crippen molar-refractivity contribution >= 4 is 41.9 Å². The Hall–Kier alpha value is -0.119. The average molecular weight is 463 g/mol. The number of aryl methyl sites for hydroxylation is 1. The predicted molar refractivity (Wildman–Crippen MR) is 126 cm³/mol. The first kappa shape index (κ1) is 26.9. The summed E-state index contributed by atoms with van der Waals surface area (Å²) < 4.78 is 9.83. The Morgan fingerprint density at radius 1 is 1.04 bits per heavy atom. The second-order valence-corrected chi connectivity index (χ2v) is 18.4. The van der Waals surface area contributed by atoms with Gasteiger partial charge in [0.2, 0.25) is 0 Å². The van der Waals surface area contributed by atoms with Gasteiger partial charge in [-0.1, -0.05) is 0 Å². The van der Waals surface area contributed by atoms with Crippen molar-refractivity contribution in [1.29, 1.82) is 0 Å². The third-order valence-corrected chi connectivity index (χ3v) is 10.3. The van der Waals surface area contributed by atoms with Gasteiger partial charge in [-0.3, -0.25) is 0 Å². The number of benzene rings is 1. The Morgan fingerprint density at radius 3 is 2.11 bits per heavy atom. The molecule has 0 heterocycles. The molecule has 0 N–H and O–H groups in total. The van der Waals surface area contributed by atoms with Gasteiger partial charge in [0, 0.05) is 0 Å². The number of hydrogen-bond donors (Lipinski definition) is 0. The topological polar surface area (TPSA) is 9.23 Å². The Labute approximate surface area is 186 Å². The van der Waals surface area contributed by atoms with Crippen LogP contribution in [-0.4, -0.2) is 11.9 Å². The quantitative estimate of drug-likeness (QED) is 0.448. The van der Waals surface area contributed by atoms with Crippen LogP contribution in [0.1, 0.15) is 46.6 Å². The Balaban J connectivity index is 0.00000338. The van der Waals surface area contributed by atoms with E-state index in [1.807, 2.05) is 0 Å². The van der Waals surface area contributed by atoms with E-state index in [0.29, 0.717) is 0 Å². The van der Waals surface area contributed by atoms with Crippen molar-refractivity contribution in [2.24, 2.45) is 5.41 Å². The molecule has 0 saturated heterocycles. The van der Waals surface area contributed by atoms with Gasteiger partial charge in [0.25, 0.3) is 0 Å². The SMILES string of the molecule is C[C](C)=[Ti]([O]c1cc(C)cc([Si](C)(C)C)c1)[C]1=C(C(C)(C)C)C=CC1.Cl.Cl. The van der Waals surface area contributed by atoms with E-state index in [4.69, 9.17) is 3.32 Å². The summed E-state index contributed by atoms with van der Waals surface area (Å²) in [7, 11) is -1.34. The van der Waals surface area contributed by atoms with E-state index in [9.17, 15) is 0 Å². The van der Waals surface area contributed by atoms with Crippen LogP contribution in [0.2, 0.25) is 19.6 Å². The van der Waals surface area contributed by atoms with E-state index in [2.05, 4.69) is 91.5 Å². The van der Waals surface area contributed by atoms with Gasteiger partial charge in [0.15, 0.2) is 0 Å². The molecule has 152 valence electrons. The minimum absolute atomic E-state index is 0. The van der Waals surface area contributed by atoms with Crippen LogP contribution in [0.4, 0.5) is 0 Å². The monoisotopic (exact) mass is 462 g/mol. The van der Waals surface area contributed by atoms with E-state index in [1.165, 1.54) is 20.1 Å². The molecule has 0 aromatic heterocycles. The standard InChI is InChI=1S/C10H16OSi.C9H13.C3H6.2ClH.Ti/c1-8-5-9(11)7-10(6-8)12(2,3)4;1-9(2,3)8-6-4-5-7-8;1-3-2;;;/h5-7,11H,1-4H3;4,6H,5H2,1-3H3;1-2H3;2*1H;/q;;;;;+1/p-1. The van der Waals surface area contributed by atoms with E-state index >= 15 is 0 Å². The first-order valence-electron chi connectivity index (χ1n) is 9.27. The molecule has 0 amide bonds. The maximum Gasteiger partial charge on any atom is -0.147 e. The maximum absolute atomic E-state index is 6.76. The van der Waals surface area contributed by atoms with Gasteiger partial charge in [-0.2, -0.15) is 0 Å². The summed E-state index contributed by atoms with van der Waals surface area (Å²) in [5, 5.41) is 1.49. The first-order valence-corrected chi connectivity index (χ1v) is 15.0. The van der Waals surface area contributed by atoms with Crippen molar-refractivity contribution < 1.29 is 21.1 Å². The second kappa shape index (κ2) is 10.1. The van der Waals surface area contributed by atoms with Crippen LogP contribution in [-0.2, 0) is 17.8 Å². The molecule has 0 aliphatic heterocycles. The molecular weight excluding hydrogens is 427 g/mol. The minimum atomic E-state index is -1.92. The number of hydrogen-bond acceptors (Lipinski definition) is 1. The number of halogens is 2. The van der Waals surface area contributed by atoms with Crippen molar-refractivity contribution in [3.8, 4) is 5.75 Å². The van der Waals surface area contributed by atoms with Crippen LogP contribution in [0.3, 0.4) is 0 Å². The van der Waals surface area contributed by atoms with E-state index in [0.717, 1.165) is 12.2 Å². The summed E-state index contributed by atoms with van der Waals surface area (Å²) in [5.74, 6) is 1.08. The number of rotatable bonds is 4. The maximum atomic E-state index is 6.76. The van der Waals surface area contributed by atoms with Gasteiger partial charge in [-0.25, -0.2) is 0 Å². The van der Waals surface area contributed by atoms with E-state index in [-0.39, 0.29) is 30.2 Å². The van der Waals surface area contributed by atoms with Crippen LogP contribution in [0.5, 0.6) is 5.75 Å².